The first-order valence-electron chi connectivity index (χ1n) is 10.1. The molecule has 152 valence electrons. The first-order valence-corrected chi connectivity index (χ1v) is 10.5. The Labute approximate surface area is 172 Å². The highest BCUT2D eigenvalue weighted by Gasteiger charge is 2.28. The SMILES string of the molecule is C=CC(=O)N1CCC(CC(=O)N2CCCC(OCc3ccc(Cl)cc3)C2)CC1. The molecule has 0 aliphatic carbocycles. The zero-order chi connectivity index (χ0) is 19.9. The maximum Gasteiger partial charge on any atom is 0.245 e. The number of hydrogen-bond donors (Lipinski definition) is 0. The van der Waals surface area contributed by atoms with Crippen molar-refractivity contribution in [2.75, 3.05) is 26.2 Å². The number of carbonyl (C=O) groups is 2. The van der Waals surface area contributed by atoms with Gasteiger partial charge < -0.3 is 14.5 Å². The molecule has 0 saturated carbocycles. The molecule has 1 aromatic rings. The average Bonchev–Trinajstić information content (AvgIpc) is 2.73. The van der Waals surface area contributed by atoms with Crippen LogP contribution in [0.2, 0.25) is 5.02 Å². The van der Waals surface area contributed by atoms with Gasteiger partial charge in [0.1, 0.15) is 0 Å². The topological polar surface area (TPSA) is 49.9 Å². The van der Waals surface area contributed by atoms with Gasteiger partial charge in [0.05, 0.1) is 12.7 Å². The fourth-order valence-electron chi connectivity index (χ4n) is 3.96. The Hall–Kier alpha value is -1.85. The lowest BCUT2D eigenvalue weighted by Crippen LogP contribution is -2.44. The van der Waals surface area contributed by atoms with E-state index in [0.717, 1.165) is 55.9 Å². The summed E-state index contributed by atoms with van der Waals surface area (Å²) in [6.45, 7) is 7.00. The Bertz CT molecular complexity index is 684. The second-order valence-corrected chi connectivity index (χ2v) is 8.15. The average molecular weight is 405 g/mol. The number of hydrogen-bond acceptors (Lipinski definition) is 3. The molecule has 1 aromatic carbocycles. The summed E-state index contributed by atoms with van der Waals surface area (Å²) in [4.78, 5) is 28.2. The summed E-state index contributed by atoms with van der Waals surface area (Å²) >= 11 is 5.92. The Morgan fingerprint density at radius 2 is 1.82 bits per heavy atom. The molecule has 3 rings (SSSR count). The van der Waals surface area contributed by atoms with Gasteiger partial charge in [-0.25, -0.2) is 0 Å². The van der Waals surface area contributed by atoms with Crippen LogP contribution in [0.1, 0.15) is 37.7 Å². The quantitative estimate of drug-likeness (QED) is 0.680. The Morgan fingerprint density at radius 1 is 1.11 bits per heavy atom. The lowest BCUT2D eigenvalue weighted by atomic mass is 9.92. The molecule has 0 bridgehead atoms. The lowest BCUT2D eigenvalue weighted by Gasteiger charge is -2.35. The highest BCUT2D eigenvalue weighted by Crippen LogP contribution is 2.23. The fraction of sp³-hybridized carbons (Fsp3) is 0.545. The van der Waals surface area contributed by atoms with E-state index in [-0.39, 0.29) is 17.9 Å². The van der Waals surface area contributed by atoms with E-state index in [1.807, 2.05) is 34.1 Å². The summed E-state index contributed by atoms with van der Waals surface area (Å²) in [5.74, 6) is 0.562. The van der Waals surface area contributed by atoms with E-state index in [9.17, 15) is 9.59 Å². The van der Waals surface area contributed by atoms with Crippen LogP contribution in [0, 0.1) is 5.92 Å². The van der Waals surface area contributed by atoms with Crippen molar-refractivity contribution in [1.29, 1.82) is 0 Å². The number of rotatable bonds is 6. The maximum atomic E-state index is 12.8. The molecule has 2 aliphatic rings. The van der Waals surface area contributed by atoms with Crippen LogP contribution in [0.3, 0.4) is 0 Å². The summed E-state index contributed by atoms with van der Waals surface area (Å²) in [7, 11) is 0. The van der Waals surface area contributed by atoms with Crippen LogP contribution in [0.4, 0.5) is 0 Å². The number of ether oxygens (including phenoxy) is 1. The van der Waals surface area contributed by atoms with Crippen LogP contribution in [0.15, 0.2) is 36.9 Å². The predicted molar refractivity (Wildman–Crippen MR) is 110 cm³/mol. The Kier molecular flexibility index (Phi) is 7.51. The van der Waals surface area contributed by atoms with Gasteiger partial charge in [0.15, 0.2) is 0 Å². The molecule has 6 heteroatoms. The zero-order valence-corrected chi connectivity index (χ0v) is 17.1. The summed E-state index contributed by atoms with van der Waals surface area (Å²) in [5.41, 5.74) is 1.09. The minimum Gasteiger partial charge on any atom is -0.372 e. The molecule has 5 nitrogen and oxygen atoms in total. The third kappa shape index (κ3) is 5.82. The van der Waals surface area contributed by atoms with Crippen LogP contribution < -0.4 is 0 Å². The largest absolute Gasteiger partial charge is 0.372 e. The van der Waals surface area contributed by atoms with Gasteiger partial charge in [0.25, 0.3) is 0 Å². The smallest absolute Gasteiger partial charge is 0.245 e. The van der Waals surface area contributed by atoms with E-state index in [0.29, 0.717) is 25.5 Å². The van der Waals surface area contributed by atoms with Crippen molar-refractivity contribution in [1.82, 2.24) is 9.80 Å². The summed E-state index contributed by atoms with van der Waals surface area (Å²) in [6, 6.07) is 7.67. The monoisotopic (exact) mass is 404 g/mol. The summed E-state index contributed by atoms with van der Waals surface area (Å²) < 4.78 is 6.04. The third-order valence-electron chi connectivity index (χ3n) is 5.69. The van der Waals surface area contributed by atoms with E-state index in [1.54, 1.807) is 0 Å². The van der Waals surface area contributed by atoms with Crippen LogP contribution in [-0.2, 0) is 20.9 Å². The summed E-state index contributed by atoms with van der Waals surface area (Å²) in [6.07, 6.45) is 5.75. The fourth-order valence-corrected chi connectivity index (χ4v) is 4.08. The molecule has 0 spiro atoms. The van der Waals surface area contributed by atoms with Crippen LogP contribution in [-0.4, -0.2) is 53.9 Å². The second-order valence-electron chi connectivity index (χ2n) is 7.72. The molecular weight excluding hydrogens is 376 g/mol. The molecule has 2 saturated heterocycles. The van der Waals surface area contributed by atoms with Gasteiger partial charge in [-0.2, -0.15) is 0 Å². The lowest BCUT2D eigenvalue weighted by molar-refractivity contribution is -0.137. The molecule has 0 radical (unpaired) electrons. The number of amides is 2. The number of carbonyl (C=O) groups excluding carboxylic acids is 2. The predicted octanol–water partition coefficient (Wildman–Crippen LogP) is 3.66. The van der Waals surface area contributed by atoms with Gasteiger partial charge in [-0.05, 0) is 55.4 Å². The number of halogens is 1. The maximum absolute atomic E-state index is 12.8. The van der Waals surface area contributed by atoms with Crippen LogP contribution in [0.5, 0.6) is 0 Å². The molecule has 0 aromatic heterocycles. The molecule has 0 N–H and O–H groups in total. The standard InChI is InChI=1S/C22H29ClN2O3/c1-2-21(26)24-12-9-17(10-13-24)14-22(27)25-11-3-4-20(15-25)28-16-18-5-7-19(23)8-6-18/h2,5-8,17,20H,1,3-4,9-16H2. The molecule has 1 atom stereocenters. The van der Waals surface area contributed by atoms with Crippen molar-refractivity contribution < 1.29 is 14.3 Å². The van der Waals surface area contributed by atoms with E-state index in [4.69, 9.17) is 16.3 Å². The number of likely N-dealkylation sites (tertiary alicyclic amines) is 2. The highest BCUT2D eigenvalue weighted by molar-refractivity contribution is 6.30. The molecule has 2 amide bonds. The van der Waals surface area contributed by atoms with Crippen molar-refractivity contribution in [3.8, 4) is 0 Å². The van der Waals surface area contributed by atoms with Crippen LogP contribution >= 0.6 is 11.6 Å². The van der Waals surface area contributed by atoms with Gasteiger partial charge in [0.2, 0.25) is 11.8 Å². The first-order chi connectivity index (χ1) is 13.5. The minimum atomic E-state index is -0.0125. The van der Waals surface area contributed by atoms with Crippen molar-refractivity contribution >= 4 is 23.4 Å². The number of benzene rings is 1. The first kappa shape index (κ1) is 20.9. The van der Waals surface area contributed by atoms with E-state index in [1.165, 1.54) is 6.08 Å². The second kappa shape index (κ2) is 10.1. The molecule has 2 aliphatic heterocycles. The molecular formula is C22H29ClN2O3. The van der Waals surface area contributed by atoms with Gasteiger partial charge in [-0.3, -0.25) is 9.59 Å². The van der Waals surface area contributed by atoms with Gasteiger partial charge >= 0.3 is 0 Å². The van der Waals surface area contributed by atoms with E-state index in [2.05, 4.69) is 6.58 Å². The number of piperidine rings is 2. The van der Waals surface area contributed by atoms with Gasteiger partial charge in [-0.1, -0.05) is 30.3 Å². The number of nitrogens with zero attached hydrogens (tertiary/aromatic N) is 2. The molecule has 2 heterocycles. The minimum absolute atomic E-state index is 0.0125. The van der Waals surface area contributed by atoms with Gasteiger partial charge in [0, 0.05) is 37.6 Å². The molecule has 1 unspecified atom stereocenters. The zero-order valence-electron chi connectivity index (χ0n) is 16.3. The molecule has 28 heavy (non-hydrogen) atoms. The van der Waals surface area contributed by atoms with Gasteiger partial charge in [-0.15, -0.1) is 0 Å². The normalized spacial score (nSPS) is 20.8. The van der Waals surface area contributed by atoms with E-state index >= 15 is 0 Å². The van der Waals surface area contributed by atoms with Crippen LogP contribution in [0.25, 0.3) is 0 Å². The van der Waals surface area contributed by atoms with E-state index < -0.39 is 0 Å². The third-order valence-corrected chi connectivity index (χ3v) is 5.95. The summed E-state index contributed by atoms with van der Waals surface area (Å²) in [5, 5.41) is 0.720. The van der Waals surface area contributed by atoms with Crippen molar-refractivity contribution in [2.24, 2.45) is 5.92 Å². The Balaban J connectivity index is 1.42. The molecule has 2 fully saturated rings. The van der Waals surface area contributed by atoms with Crippen molar-refractivity contribution in [3.63, 3.8) is 0 Å². The van der Waals surface area contributed by atoms with Crippen molar-refractivity contribution in [2.45, 2.75) is 44.8 Å². The highest BCUT2D eigenvalue weighted by atomic mass is 35.5. The van der Waals surface area contributed by atoms with Crippen molar-refractivity contribution in [3.05, 3.63) is 47.5 Å². The Morgan fingerprint density at radius 3 is 2.50 bits per heavy atom.